The summed E-state index contributed by atoms with van der Waals surface area (Å²) in [6.45, 7) is 1.84. The van der Waals surface area contributed by atoms with Gasteiger partial charge in [-0.05, 0) is 0 Å². The Morgan fingerprint density at radius 3 is 2.44 bits per heavy atom. The fourth-order valence-corrected chi connectivity index (χ4v) is 0.966. The van der Waals surface area contributed by atoms with Crippen LogP contribution in [0.5, 0.6) is 0 Å². The van der Waals surface area contributed by atoms with Crippen molar-refractivity contribution in [3.63, 3.8) is 0 Å². The summed E-state index contributed by atoms with van der Waals surface area (Å²) in [5.74, 6) is -0.633. The molecule has 0 aromatic heterocycles. The van der Waals surface area contributed by atoms with Gasteiger partial charge in [-0.15, -0.1) is 5.98 Å². The Hall–Kier alpha value is -0.335. The molecule has 0 aliphatic heterocycles. The molecule has 0 N–H and O–H groups in total. The first-order chi connectivity index (χ1) is 4.14. The molecule has 0 heterocycles. The molecule has 1 fully saturated rings. The molecule has 0 amide bonds. The molecule has 1 radical (unpaired) electrons. The third-order valence-corrected chi connectivity index (χ3v) is 1.37. The Bertz CT molecular complexity index is 130. The molecule has 0 bridgehead atoms. The van der Waals surface area contributed by atoms with Gasteiger partial charge in [-0.25, -0.2) is 8.78 Å². The zero-order valence-corrected chi connectivity index (χ0v) is 5.32. The molecule has 49 valence electrons. The van der Waals surface area contributed by atoms with Crippen LogP contribution in [0.4, 0.5) is 8.78 Å². The zero-order chi connectivity index (χ0) is 6.91. The molecule has 0 aromatic rings. The summed E-state index contributed by atoms with van der Waals surface area (Å²) in [4.78, 5) is 0. The van der Waals surface area contributed by atoms with Crippen LogP contribution >= 0.6 is 0 Å². The highest BCUT2D eigenvalue weighted by Gasteiger charge is 2.40. The van der Waals surface area contributed by atoms with Crippen molar-refractivity contribution >= 4 is 7.28 Å². The summed E-state index contributed by atoms with van der Waals surface area (Å²) >= 11 is 0. The van der Waals surface area contributed by atoms with Crippen molar-refractivity contribution in [3.8, 4) is 0 Å². The molecule has 0 aromatic carbocycles. The van der Waals surface area contributed by atoms with Gasteiger partial charge < -0.3 is 0 Å². The van der Waals surface area contributed by atoms with E-state index in [1.165, 1.54) is 0 Å². The SMILES string of the molecule is C[B]C=C1CC(F)(F)C1. The maximum absolute atomic E-state index is 12.1. The van der Waals surface area contributed by atoms with E-state index < -0.39 is 5.92 Å². The quantitative estimate of drug-likeness (QED) is 0.475. The molecule has 3 heteroatoms. The van der Waals surface area contributed by atoms with Crippen LogP contribution in [0.25, 0.3) is 0 Å². The molecule has 0 saturated heterocycles. The molecule has 1 aliphatic carbocycles. The summed E-state index contributed by atoms with van der Waals surface area (Å²) in [6, 6.07) is 0. The van der Waals surface area contributed by atoms with Crippen molar-refractivity contribution < 1.29 is 8.78 Å². The van der Waals surface area contributed by atoms with Crippen LogP contribution < -0.4 is 0 Å². The highest BCUT2D eigenvalue weighted by atomic mass is 19.3. The normalized spacial score (nSPS) is 22.8. The first-order valence-electron chi connectivity index (χ1n) is 2.99. The molecule has 0 unspecified atom stereocenters. The monoisotopic (exact) mass is 129 g/mol. The lowest BCUT2D eigenvalue weighted by Gasteiger charge is -2.28. The van der Waals surface area contributed by atoms with E-state index in [0.29, 0.717) is 0 Å². The Labute approximate surface area is 54.2 Å². The zero-order valence-electron chi connectivity index (χ0n) is 5.32. The Morgan fingerprint density at radius 1 is 1.56 bits per heavy atom. The standard InChI is InChI=1S/C6H8BF2/c1-7-4-5-2-6(8,9)3-5/h4H,2-3H2,1H3. The van der Waals surface area contributed by atoms with Crippen molar-refractivity contribution in [2.45, 2.75) is 25.6 Å². The fraction of sp³-hybridized carbons (Fsp3) is 0.667. The van der Waals surface area contributed by atoms with Crippen LogP contribution in [0.1, 0.15) is 12.8 Å². The second kappa shape index (κ2) is 2.12. The average molecular weight is 129 g/mol. The van der Waals surface area contributed by atoms with Gasteiger partial charge in [0.2, 0.25) is 0 Å². The second-order valence-corrected chi connectivity index (χ2v) is 2.37. The number of halogens is 2. The molecule has 1 saturated carbocycles. The van der Waals surface area contributed by atoms with E-state index in [4.69, 9.17) is 0 Å². The van der Waals surface area contributed by atoms with Gasteiger partial charge in [0.05, 0.1) is 0 Å². The highest BCUT2D eigenvalue weighted by Crippen LogP contribution is 2.41. The van der Waals surface area contributed by atoms with Gasteiger partial charge in [0.15, 0.2) is 0 Å². The van der Waals surface area contributed by atoms with E-state index in [9.17, 15) is 8.78 Å². The minimum absolute atomic E-state index is 0.0304. The molecule has 9 heavy (non-hydrogen) atoms. The first kappa shape index (κ1) is 6.78. The third-order valence-electron chi connectivity index (χ3n) is 1.37. The van der Waals surface area contributed by atoms with E-state index in [2.05, 4.69) is 0 Å². The minimum Gasteiger partial charge on any atom is -0.206 e. The van der Waals surface area contributed by atoms with Crippen LogP contribution in [-0.2, 0) is 0 Å². The average Bonchev–Trinajstić information content (AvgIpc) is 1.62. The Balaban J connectivity index is 2.35. The number of rotatable bonds is 1. The number of allylic oxidation sites excluding steroid dienone is 1. The number of alkyl halides is 2. The number of hydrogen-bond donors (Lipinski definition) is 0. The summed E-state index contributed by atoms with van der Waals surface area (Å²) in [7, 11) is 1.80. The maximum atomic E-state index is 12.1. The molecule has 1 aliphatic rings. The molecule has 0 atom stereocenters. The summed E-state index contributed by atoms with van der Waals surface area (Å²) in [6.07, 6.45) is -0.0608. The topological polar surface area (TPSA) is 0 Å². The summed E-state index contributed by atoms with van der Waals surface area (Å²) in [5.41, 5.74) is 0.863. The highest BCUT2D eigenvalue weighted by molar-refractivity contribution is 6.40. The van der Waals surface area contributed by atoms with Crippen LogP contribution in [0.15, 0.2) is 11.5 Å². The molecule has 1 rings (SSSR count). The van der Waals surface area contributed by atoms with Crippen molar-refractivity contribution in [1.29, 1.82) is 0 Å². The molecular formula is C6H8BF2. The maximum Gasteiger partial charge on any atom is 0.255 e. The van der Waals surface area contributed by atoms with Crippen molar-refractivity contribution in [3.05, 3.63) is 11.5 Å². The molecule has 0 nitrogen and oxygen atoms in total. The second-order valence-electron chi connectivity index (χ2n) is 2.37. The lowest BCUT2D eigenvalue weighted by atomic mass is 9.74. The third kappa shape index (κ3) is 1.53. The van der Waals surface area contributed by atoms with Crippen LogP contribution in [0.3, 0.4) is 0 Å². The van der Waals surface area contributed by atoms with E-state index >= 15 is 0 Å². The van der Waals surface area contributed by atoms with Gasteiger partial charge in [-0.3, -0.25) is 0 Å². The minimum atomic E-state index is -2.39. The fourth-order valence-electron chi connectivity index (χ4n) is 0.966. The van der Waals surface area contributed by atoms with Gasteiger partial charge in [-0.1, -0.05) is 12.4 Å². The van der Waals surface area contributed by atoms with Crippen molar-refractivity contribution in [2.24, 2.45) is 0 Å². The summed E-state index contributed by atoms with van der Waals surface area (Å²) in [5, 5.41) is 0. The van der Waals surface area contributed by atoms with Crippen LogP contribution in [0, 0.1) is 0 Å². The predicted octanol–water partition coefficient (Wildman–Crippen LogP) is 2.05. The van der Waals surface area contributed by atoms with Gasteiger partial charge in [0, 0.05) is 12.8 Å². The van der Waals surface area contributed by atoms with E-state index in [-0.39, 0.29) is 12.8 Å². The molecule has 0 spiro atoms. The lowest BCUT2D eigenvalue weighted by molar-refractivity contribution is -0.0363. The summed E-state index contributed by atoms with van der Waals surface area (Å²) < 4.78 is 24.1. The van der Waals surface area contributed by atoms with Gasteiger partial charge in [0.25, 0.3) is 5.92 Å². The molecular weight excluding hydrogens is 121 g/mol. The number of hydrogen-bond acceptors (Lipinski definition) is 0. The van der Waals surface area contributed by atoms with E-state index in [1.54, 1.807) is 13.3 Å². The first-order valence-corrected chi connectivity index (χ1v) is 2.99. The Morgan fingerprint density at radius 2 is 2.11 bits per heavy atom. The van der Waals surface area contributed by atoms with Crippen LogP contribution in [-0.4, -0.2) is 13.2 Å². The van der Waals surface area contributed by atoms with Gasteiger partial charge in [0.1, 0.15) is 7.28 Å². The largest absolute Gasteiger partial charge is 0.255 e. The smallest absolute Gasteiger partial charge is 0.206 e. The Kier molecular flexibility index (Phi) is 1.60. The van der Waals surface area contributed by atoms with Crippen molar-refractivity contribution in [1.82, 2.24) is 0 Å². The lowest BCUT2D eigenvalue weighted by Crippen LogP contribution is -2.28. The van der Waals surface area contributed by atoms with E-state index in [1.807, 2.05) is 6.82 Å². The van der Waals surface area contributed by atoms with Crippen molar-refractivity contribution in [2.75, 3.05) is 0 Å². The van der Waals surface area contributed by atoms with Crippen LogP contribution in [0.2, 0.25) is 6.82 Å². The van der Waals surface area contributed by atoms with E-state index in [0.717, 1.165) is 5.57 Å². The predicted molar refractivity (Wildman–Crippen MR) is 33.9 cm³/mol. The van der Waals surface area contributed by atoms with Gasteiger partial charge >= 0.3 is 0 Å². The van der Waals surface area contributed by atoms with Gasteiger partial charge in [-0.2, -0.15) is 0 Å².